The minimum Gasteiger partial charge on any atom is -0.481 e. The molecule has 1 fully saturated rings. The van der Waals surface area contributed by atoms with E-state index >= 15 is 0 Å². The maximum atomic E-state index is 12.6. The van der Waals surface area contributed by atoms with Crippen LogP contribution in [0.2, 0.25) is 0 Å². The van der Waals surface area contributed by atoms with Crippen molar-refractivity contribution in [2.45, 2.75) is 19.4 Å². The number of amides is 1. The summed E-state index contributed by atoms with van der Waals surface area (Å²) >= 11 is 0. The fourth-order valence-electron chi connectivity index (χ4n) is 3.02. The predicted molar refractivity (Wildman–Crippen MR) is 82.5 cm³/mol. The van der Waals surface area contributed by atoms with Crippen LogP contribution in [-0.2, 0) is 4.79 Å². The maximum Gasteiger partial charge on any atom is 0.308 e. The molecule has 0 spiro atoms. The second-order valence-corrected chi connectivity index (χ2v) is 5.62. The molecule has 3 rings (SSSR count). The number of carboxylic acid groups (broad SMARTS) is 1. The highest BCUT2D eigenvalue weighted by atomic mass is 16.4. The van der Waals surface area contributed by atoms with Gasteiger partial charge in [0.15, 0.2) is 0 Å². The third-order valence-electron chi connectivity index (χ3n) is 4.33. The molecule has 2 unspecified atom stereocenters. The summed E-state index contributed by atoms with van der Waals surface area (Å²) in [7, 11) is 0. The average Bonchev–Trinajstić information content (AvgIpc) is 3.14. The van der Waals surface area contributed by atoms with Gasteiger partial charge in [-0.2, -0.15) is 0 Å². The van der Waals surface area contributed by atoms with E-state index in [-0.39, 0.29) is 11.9 Å². The van der Waals surface area contributed by atoms with Crippen molar-refractivity contribution in [3.05, 3.63) is 48.2 Å². The first kappa shape index (κ1) is 14.4. The Bertz CT molecular complexity index is 693. The molecule has 114 valence electrons. The Morgan fingerprint density at radius 1 is 1.18 bits per heavy atom. The summed E-state index contributed by atoms with van der Waals surface area (Å²) in [5.74, 6) is -1.45. The van der Waals surface area contributed by atoms with E-state index in [4.69, 9.17) is 5.11 Å². The summed E-state index contributed by atoms with van der Waals surface area (Å²) in [6, 6.07) is 13.1. The quantitative estimate of drug-likeness (QED) is 0.914. The number of benzene rings is 1. The Labute approximate surface area is 128 Å². The molecule has 1 saturated heterocycles. The van der Waals surface area contributed by atoms with E-state index in [1.54, 1.807) is 17.9 Å². The number of aliphatic carboxylic acids is 1. The summed E-state index contributed by atoms with van der Waals surface area (Å²) < 4.78 is 0. The Morgan fingerprint density at radius 3 is 2.55 bits per heavy atom. The van der Waals surface area contributed by atoms with Gasteiger partial charge in [-0.15, -0.1) is 0 Å². The number of carbonyl (C=O) groups is 2. The van der Waals surface area contributed by atoms with Crippen LogP contribution in [-0.4, -0.2) is 39.5 Å². The van der Waals surface area contributed by atoms with Crippen LogP contribution >= 0.6 is 0 Å². The molecular formula is C17H18N2O3. The van der Waals surface area contributed by atoms with Gasteiger partial charge in [0.2, 0.25) is 0 Å². The fraction of sp³-hybridized carbons (Fsp3) is 0.294. The van der Waals surface area contributed by atoms with Crippen LogP contribution in [0.5, 0.6) is 0 Å². The molecule has 2 aromatic rings. The Kier molecular flexibility index (Phi) is 3.71. The first-order valence-corrected chi connectivity index (χ1v) is 7.36. The van der Waals surface area contributed by atoms with Crippen molar-refractivity contribution in [2.24, 2.45) is 5.92 Å². The minimum absolute atomic E-state index is 0.140. The SMILES string of the molecule is CC1C(C(=O)O)CCN1C(=O)c1ccc(-c2ccccc2)[nH]1. The first-order chi connectivity index (χ1) is 10.6. The third-order valence-corrected chi connectivity index (χ3v) is 4.33. The second-order valence-electron chi connectivity index (χ2n) is 5.62. The monoisotopic (exact) mass is 298 g/mol. The van der Waals surface area contributed by atoms with Crippen molar-refractivity contribution in [1.29, 1.82) is 0 Å². The van der Waals surface area contributed by atoms with Gasteiger partial charge >= 0.3 is 5.97 Å². The maximum absolute atomic E-state index is 12.6. The van der Waals surface area contributed by atoms with Gasteiger partial charge in [0.25, 0.3) is 5.91 Å². The topological polar surface area (TPSA) is 73.4 Å². The second kappa shape index (κ2) is 5.67. The van der Waals surface area contributed by atoms with E-state index in [0.29, 0.717) is 18.7 Å². The molecule has 5 heteroatoms. The van der Waals surface area contributed by atoms with Gasteiger partial charge < -0.3 is 15.0 Å². The summed E-state index contributed by atoms with van der Waals surface area (Å²) in [6.45, 7) is 2.28. The fourth-order valence-corrected chi connectivity index (χ4v) is 3.02. The van der Waals surface area contributed by atoms with E-state index in [0.717, 1.165) is 11.3 Å². The van der Waals surface area contributed by atoms with Crippen LogP contribution in [0.25, 0.3) is 11.3 Å². The van der Waals surface area contributed by atoms with E-state index in [2.05, 4.69) is 4.98 Å². The number of aromatic amines is 1. The smallest absolute Gasteiger partial charge is 0.308 e. The zero-order chi connectivity index (χ0) is 15.7. The lowest BCUT2D eigenvalue weighted by molar-refractivity contribution is -0.142. The zero-order valence-corrected chi connectivity index (χ0v) is 12.3. The third kappa shape index (κ3) is 2.50. The lowest BCUT2D eigenvalue weighted by atomic mass is 10.0. The molecule has 5 nitrogen and oxygen atoms in total. The highest BCUT2D eigenvalue weighted by Gasteiger charge is 2.38. The molecule has 1 aliphatic rings. The molecule has 1 aromatic heterocycles. The van der Waals surface area contributed by atoms with Crippen LogP contribution in [0.1, 0.15) is 23.8 Å². The molecule has 2 heterocycles. The lowest BCUT2D eigenvalue weighted by Gasteiger charge is -2.22. The van der Waals surface area contributed by atoms with Crippen molar-refractivity contribution >= 4 is 11.9 Å². The van der Waals surface area contributed by atoms with E-state index < -0.39 is 11.9 Å². The van der Waals surface area contributed by atoms with Gasteiger partial charge in [-0.25, -0.2) is 0 Å². The highest BCUT2D eigenvalue weighted by Crippen LogP contribution is 2.26. The number of H-pyrrole nitrogens is 1. The number of nitrogens with one attached hydrogen (secondary N) is 1. The van der Waals surface area contributed by atoms with Gasteiger partial charge in [0, 0.05) is 18.3 Å². The number of hydrogen-bond donors (Lipinski definition) is 2. The van der Waals surface area contributed by atoms with Crippen molar-refractivity contribution in [2.75, 3.05) is 6.54 Å². The number of nitrogens with zero attached hydrogens (tertiary/aromatic N) is 1. The van der Waals surface area contributed by atoms with E-state index in [9.17, 15) is 9.59 Å². The highest BCUT2D eigenvalue weighted by molar-refractivity contribution is 5.94. The number of hydrogen-bond acceptors (Lipinski definition) is 2. The minimum atomic E-state index is -0.834. The summed E-state index contributed by atoms with van der Waals surface area (Å²) in [5.41, 5.74) is 2.39. The van der Waals surface area contributed by atoms with Crippen LogP contribution in [0.4, 0.5) is 0 Å². The van der Waals surface area contributed by atoms with Crippen LogP contribution < -0.4 is 0 Å². The predicted octanol–water partition coefficient (Wildman–Crippen LogP) is 2.62. The molecule has 1 aliphatic heterocycles. The molecule has 1 amide bonds. The number of aromatic nitrogens is 1. The normalized spacial score (nSPS) is 21.0. The molecule has 0 aliphatic carbocycles. The van der Waals surface area contributed by atoms with Gasteiger partial charge in [0.05, 0.1) is 5.92 Å². The van der Waals surface area contributed by atoms with E-state index in [1.807, 2.05) is 36.4 Å². The number of carboxylic acids is 1. The molecule has 1 aromatic carbocycles. The zero-order valence-electron chi connectivity index (χ0n) is 12.3. The average molecular weight is 298 g/mol. The molecular weight excluding hydrogens is 280 g/mol. The van der Waals surface area contributed by atoms with E-state index in [1.165, 1.54) is 0 Å². The van der Waals surface area contributed by atoms with Gasteiger partial charge in [-0.1, -0.05) is 30.3 Å². The van der Waals surface area contributed by atoms with Crippen LogP contribution in [0, 0.1) is 5.92 Å². The van der Waals surface area contributed by atoms with Crippen LogP contribution in [0.3, 0.4) is 0 Å². The van der Waals surface area contributed by atoms with Crippen molar-refractivity contribution in [3.63, 3.8) is 0 Å². The Hall–Kier alpha value is -2.56. The Balaban J connectivity index is 1.79. The van der Waals surface area contributed by atoms with Crippen molar-refractivity contribution in [3.8, 4) is 11.3 Å². The first-order valence-electron chi connectivity index (χ1n) is 7.36. The molecule has 2 atom stereocenters. The number of rotatable bonds is 3. The molecule has 0 radical (unpaired) electrons. The van der Waals surface area contributed by atoms with Crippen molar-refractivity contribution in [1.82, 2.24) is 9.88 Å². The standard InChI is InChI=1S/C17H18N2O3/c1-11-13(17(21)22)9-10-19(11)16(20)15-8-7-14(18-15)12-5-3-2-4-6-12/h2-8,11,13,18H,9-10H2,1H3,(H,21,22). The molecule has 0 saturated carbocycles. The number of carbonyl (C=O) groups excluding carboxylic acids is 1. The van der Waals surface area contributed by atoms with Crippen molar-refractivity contribution < 1.29 is 14.7 Å². The Morgan fingerprint density at radius 2 is 1.91 bits per heavy atom. The summed E-state index contributed by atoms with van der Waals surface area (Å²) in [5, 5.41) is 9.16. The molecule has 0 bridgehead atoms. The van der Waals surface area contributed by atoms with Gasteiger partial charge in [-0.3, -0.25) is 9.59 Å². The molecule has 22 heavy (non-hydrogen) atoms. The summed E-state index contributed by atoms with van der Waals surface area (Å²) in [4.78, 5) is 28.5. The van der Waals surface area contributed by atoms with Crippen LogP contribution in [0.15, 0.2) is 42.5 Å². The summed E-state index contributed by atoms with van der Waals surface area (Å²) in [6.07, 6.45) is 0.508. The van der Waals surface area contributed by atoms with Gasteiger partial charge in [0.1, 0.15) is 5.69 Å². The largest absolute Gasteiger partial charge is 0.481 e. The van der Waals surface area contributed by atoms with Gasteiger partial charge in [-0.05, 0) is 31.0 Å². The lowest BCUT2D eigenvalue weighted by Crippen LogP contribution is -2.37. The number of likely N-dealkylation sites (tertiary alicyclic amines) is 1. The molecule has 2 N–H and O–H groups in total.